The molecule has 0 spiro atoms. The Morgan fingerprint density at radius 2 is 1.74 bits per heavy atom. The Hall–Kier alpha value is -3.19. The molecule has 2 aliphatic heterocycles. The summed E-state index contributed by atoms with van der Waals surface area (Å²) in [5.41, 5.74) is 1.88. The fourth-order valence-corrected chi connectivity index (χ4v) is 4.76. The van der Waals surface area contributed by atoms with E-state index >= 15 is 0 Å². The first kappa shape index (κ1) is 19.8. The maximum atomic E-state index is 12.8. The smallest absolute Gasteiger partial charge is 0.272 e. The SMILES string of the molecule is Cn1nccc1C(=O)N1CCC(N2CC(Oc3ccccc3)C2c2ccncc2)CC1. The standard InChI is InChI=1S/C24H27N5O2/c1-27-21(9-14-26-27)24(30)28-15-10-19(11-16-28)29-17-22(31-20-5-3-2-4-6-20)23(29)18-7-12-25-13-8-18/h2-9,12-14,19,22-23H,10-11,15-17H2,1H3. The van der Waals surface area contributed by atoms with Crippen LogP contribution in [-0.4, -0.2) is 62.3 Å². The van der Waals surface area contributed by atoms with Crippen LogP contribution in [0.3, 0.4) is 0 Å². The number of likely N-dealkylation sites (tertiary alicyclic amines) is 2. The summed E-state index contributed by atoms with van der Waals surface area (Å²) in [6, 6.07) is 16.6. The molecule has 0 radical (unpaired) electrons. The van der Waals surface area contributed by atoms with E-state index in [4.69, 9.17) is 4.74 Å². The van der Waals surface area contributed by atoms with Crippen LogP contribution in [-0.2, 0) is 7.05 Å². The maximum absolute atomic E-state index is 12.8. The van der Waals surface area contributed by atoms with Gasteiger partial charge in [-0.25, -0.2) is 0 Å². The summed E-state index contributed by atoms with van der Waals surface area (Å²) >= 11 is 0. The summed E-state index contributed by atoms with van der Waals surface area (Å²) in [6.07, 6.45) is 7.40. The van der Waals surface area contributed by atoms with Crippen LogP contribution >= 0.6 is 0 Å². The minimum atomic E-state index is 0.0676. The third-order valence-corrected chi connectivity index (χ3v) is 6.44. The van der Waals surface area contributed by atoms with E-state index in [1.54, 1.807) is 16.9 Å². The van der Waals surface area contributed by atoms with Gasteiger partial charge in [0.1, 0.15) is 17.5 Å². The Morgan fingerprint density at radius 3 is 2.42 bits per heavy atom. The summed E-state index contributed by atoms with van der Waals surface area (Å²) < 4.78 is 7.97. The third-order valence-electron chi connectivity index (χ3n) is 6.44. The number of para-hydroxylation sites is 1. The van der Waals surface area contributed by atoms with Crippen molar-refractivity contribution in [1.82, 2.24) is 24.6 Å². The van der Waals surface area contributed by atoms with Crippen molar-refractivity contribution in [3.63, 3.8) is 0 Å². The molecule has 1 amide bonds. The predicted molar refractivity (Wildman–Crippen MR) is 117 cm³/mol. The number of rotatable bonds is 5. The zero-order valence-electron chi connectivity index (χ0n) is 17.7. The number of piperidine rings is 1. The molecule has 0 bridgehead atoms. The number of benzene rings is 1. The Bertz CT molecular complexity index is 1010. The molecule has 0 aliphatic carbocycles. The molecule has 31 heavy (non-hydrogen) atoms. The number of amides is 1. The van der Waals surface area contributed by atoms with Crippen molar-refractivity contribution in [2.45, 2.75) is 31.0 Å². The molecule has 7 nitrogen and oxygen atoms in total. The van der Waals surface area contributed by atoms with E-state index in [0.29, 0.717) is 11.7 Å². The van der Waals surface area contributed by atoms with Crippen LogP contribution in [0.25, 0.3) is 0 Å². The van der Waals surface area contributed by atoms with Gasteiger partial charge in [-0.2, -0.15) is 5.10 Å². The highest BCUT2D eigenvalue weighted by Gasteiger charge is 2.46. The number of hydrogen-bond acceptors (Lipinski definition) is 5. The first-order valence-corrected chi connectivity index (χ1v) is 10.9. The highest BCUT2D eigenvalue weighted by molar-refractivity contribution is 5.92. The summed E-state index contributed by atoms with van der Waals surface area (Å²) in [4.78, 5) is 21.5. The number of hydrogen-bond donors (Lipinski definition) is 0. The molecular formula is C24H27N5O2. The third kappa shape index (κ3) is 3.93. The zero-order valence-corrected chi connectivity index (χ0v) is 17.7. The lowest BCUT2D eigenvalue weighted by Gasteiger charge is -2.53. The highest BCUT2D eigenvalue weighted by Crippen LogP contribution is 2.40. The summed E-state index contributed by atoms with van der Waals surface area (Å²) in [5.74, 6) is 0.973. The van der Waals surface area contributed by atoms with Crippen molar-refractivity contribution in [2.24, 2.45) is 7.05 Å². The van der Waals surface area contributed by atoms with Crippen LogP contribution in [0, 0.1) is 0 Å². The zero-order chi connectivity index (χ0) is 21.2. The van der Waals surface area contributed by atoms with E-state index < -0.39 is 0 Å². The van der Waals surface area contributed by atoms with E-state index in [0.717, 1.165) is 38.2 Å². The van der Waals surface area contributed by atoms with E-state index in [-0.39, 0.29) is 18.1 Å². The molecule has 160 valence electrons. The lowest BCUT2D eigenvalue weighted by atomic mass is 9.87. The van der Waals surface area contributed by atoms with E-state index in [9.17, 15) is 4.79 Å². The van der Waals surface area contributed by atoms with Crippen molar-refractivity contribution < 1.29 is 9.53 Å². The summed E-state index contributed by atoms with van der Waals surface area (Å²) in [7, 11) is 1.81. The number of aromatic nitrogens is 3. The molecule has 2 aliphatic rings. The second kappa shape index (κ2) is 8.51. The number of aryl methyl sites for hydroxylation is 1. The molecule has 2 atom stereocenters. The molecule has 4 heterocycles. The van der Waals surface area contributed by atoms with E-state index in [2.05, 4.69) is 27.1 Å². The van der Waals surface area contributed by atoms with Gasteiger partial charge in [0.25, 0.3) is 5.91 Å². The minimum absolute atomic E-state index is 0.0676. The van der Waals surface area contributed by atoms with Gasteiger partial charge in [-0.05, 0) is 48.7 Å². The summed E-state index contributed by atoms with van der Waals surface area (Å²) in [6.45, 7) is 2.42. The Morgan fingerprint density at radius 1 is 1.00 bits per heavy atom. The molecule has 2 aromatic heterocycles. The molecule has 2 unspecified atom stereocenters. The molecular weight excluding hydrogens is 390 g/mol. The van der Waals surface area contributed by atoms with Gasteiger partial charge in [0.2, 0.25) is 0 Å². The average molecular weight is 418 g/mol. The second-order valence-corrected chi connectivity index (χ2v) is 8.25. The van der Waals surface area contributed by atoms with Crippen molar-refractivity contribution in [2.75, 3.05) is 19.6 Å². The first-order valence-electron chi connectivity index (χ1n) is 10.9. The largest absolute Gasteiger partial charge is 0.487 e. The lowest BCUT2D eigenvalue weighted by Crippen LogP contribution is -2.61. The normalized spacial score (nSPS) is 22.2. The average Bonchev–Trinajstić information content (AvgIpc) is 3.23. The van der Waals surface area contributed by atoms with Crippen molar-refractivity contribution in [3.8, 4) is 5.75 Å². The van der Waals surface area contributed by atoms with E-state index in [1.165, 1.54) is 5.56 Å². The number of carbonyl (C=O) groups is 1. The van der Waals surface area contributed by atoms with Crippen LogP contribution in [0.15, 0.2) is 67.1 Å². The van der Waals surface area contributed by atoms with Gasteiger partial charge in [-0.1, -0.05) is 18.2 Å². The van der Waals surface area contributed by atoms with Gasteiger partial charge >= 0.3 is 0 Å². The van der Waals surface area contributed by atoms with E-state index in [1.807, 2.05) is 54.7 Å². The second-order valence-electron chi connectivity index (χ2n) is 8.25. The Balaban J connectivity index is 1.26. The van der Waals surface area contributed by atoms with Crippen LogP contribution < -0.4 is 4.74 Å². The van der Waals surface area contributed by atoms with Gasteiger partial charge in [-0.3, -0.25) is 19.4 Å². The molecule has 2 saturated heterocycles. The van der Waals surface area contributed by atoms with Crippen LogP contribution in [0.5, 0.6) is 5.75 Å². The van der Waals surface area contributed by atoms with Crippen molar-refractivity contribution in [3.05, 3.63) is 78.4 Å². The van der Waals surface area contributed by atoms with Gasteiger partial charge in [0.15, 0.2) is 0 Å². The van der Waals surface area contributed by atoms with Crippen molar-refractivity contribution >= 4 is 5.91 Å². The van der Waals surface area contributed by atoms with Gasteiger partial charge in [0, 0.05) is 51.3 Å². The van der Waals surface area contributed by atoms with Crippen LogP contribution in [0.1, 0.15) is 34.9 Å². The van der Waals surface area contributed by atoms with Gasteiger partial charge < -0.3 is 9.64 Å². The lowest BCUT2D eigenvalue weighted by molar-refractivity contribution is -0.0843. The Kier molecular flexibility index (Phi) is 5.42. The Labute approximate surface area is 182 Å². The molecule has 1 aromatic carbocycles. The number of carbonyl (C=O) groups excluding carboxylic acids is 1. The molecule has 0 saturated carbocycles. The van der Waals surface area contributed by atoms with Crippen molar-refractivity contribution in [1.29, 1.82) is 0 Å². The fraction of sp³-hybridized carbons (Fsp3) is 0.375. The first-order chi connectivity index (χ1) is 15.2. The number of ether oxygens (including phenoxy) is 1. The predicted octanol–water partition coefficient (Wildman–Crippen LogP) is 2.92. The summed E-state index contributed by atoms with van der Waals surface area (Å²) in [5, 5.41) is 4.13. The van der Waals surface area contributed by atoms with Gasteiger partial charge in [0.05, 0.1) is 6.04 Å². The molecule has 7 heteroatoms. The minimum Gasteiger partial charge on any atom is -0.487 e. The van der Waals surface area contributed by atoms with Crippen LogP contribution in [0.4, 0.5) is 0 Å². The van der Waals surface area contributed by atoms with Gasteiger partial charge in [-0.15, -0.1) is 0 Å². The molecule has 3 aromatic rings. The van der Waals surface area contributed by atoms with Crippen LogP contribution in [0.2, 0.25) is 0 Å². The molecule has 0 N–H and O–H groups in total. The number of nitrogens with zero attached hydrogens (tertiary/aromatic N) is 5. The molecule has 2 fully saturated rings. The highest BCUT2D eigenvalue weighted by atomic mass is 16.5. The fourth-order valence-electron chi connectivity index (χ4n) is 4.76. The monoisotopic (exact) mass is 417 g/mol. The quantitative estimate of drug-likeness (QED) is 0.639. The molecule has 5 rings (SSSR count). The maximum Gasteiger partial charge on any atom is 0.272 e. The number of pyridine rings is 1. The topological polar surface area (TPSA) is 63.5 Å².